The lowest BCUT2D eigenvalue weighted by molar-refractivity contribution is 0.0697. The molecule has 0 bridgehead atoms. The van der Waals surface area contributed by atoms with Crippen molar-refractivity contribution >= 4 is 12.2 Å². The van der Waals surface area contributed by atoms with Crippen molar-refractivity contribution in [2.45, 2.75) is 26.3 Å². The number of benzene rings is 1. The fraction of sp³-hybridized carbons (Fsp3) is 0.333. The Morgan fingerprint density at radius 2 is 2.00 bits per heavy atom. The maximum Gasteiger partial charge on any atom is 0.335 e. The van der Waals surface area contributed by atoms with Crippen LogP contribution in [0.5, 0.6) is 5.75 Å². The van der Waals surface area contributed by atoms with Crippen molar-refractivity contribution in [3.8, 4) is 5.75 Å². The fourth-order valence-corrected chi connectivity index (χ4v) is 1.05. The van der Waals surface area contributed by atoms with Gasteiger partial charge in [0.2, 0.25) is 0 Å². The van der Waals surface area contributed by atoms with E-state index in [1.54, 1.807) is 0 Å². The number of aromatic hydroxyl groups is 1. The number of phenols is 1. The molecule has 0 atom stereocenters. The Labute approximate surface area is 94.3 Å². The minimum absolute atomic E-state index is 0.0259. The van der Waals surface area contributed by atoms with E-state index in [0.717, 1.165) is 0 Å². The van der Waals surface area contributed by atoms with Gasteiger partial charge in [-0.15, -0.1) is 0 Å². The van der Waals surface area contributed by atoms with Gasteiger partial charge in [0, 0.05) is 11.8 Å². The molecule has 0 radical (unpaired) electrons. The largest absolute Gasteiger partial charge is 0.507 e. The summed E-state index contributed by atoms with van der Waals surface area (Å²) in [6.45, 7) is 5.75. The molecule has 1 rings (SSSR count). The first-order valence-corrected chi connectivity index (χ1v) is 4.91. The van der Waals surface area contributed by atoms with Gasteiger partial charge in [-0.25, -0.2) is 4.79 Å². The van der Waals surface area contributed by atoms with Crippen molar-refractivity contribution in [1.29, 1.82) is 0 Å². The Hall–Kier alpha value is -1.84. The molecule has 0 aliphatic heterocycles. The molecule has 0 amide bonds. The van der Waals surface area contributed by atoms with Gasteiger partial charge in [-0.05, 0) is 39.0 Å². The highest BCUT2D eigenvalue weighted by molar-refractivity contribution is 5.92. The lowest BCUT2D eigenvalue weighted by Crippen LogP contribution is -2.09. The molecule has 0 saturated heterocycles. The van der Waals surface area contributed by atoms with E-state index >= 15 is 0 Å². The number of carboxylic acid groups (broad SMARTS) is 1. The zero-order valence-electron chi connectivity index (χ0n) is 9.56. The topological polar surface area (TPSA) is 69.9 Å². The van der Waals surface area contributed by atoms with Crippen LogP contribution in [0.1, 0.15) is 36.7 Å². The smallest absolute Gasteiger partial charge is 0.335 e. The molecule has 16 heavy (non-hydrogen) atoms. The molecule has 0 heterocycles. The highest BCUT2D eigenvalue weighted by atomic mass is 16.4. The maximum atomic E-state index is 10.7. The molecule has 0 aliphatic rings. The number of aliphatic imine (C=N–C) groups is 1. The molecule has 0 saturated carbocycles. The highest BCUT2D eigenvalue weighted by Crippen LogP contribution is 2.17. The number of hydrogen-bond acceptors (Lipinski definition) is 3. The quantitative estimate of drug-likeness (QED) is 0.753. The van der Waals surface area contributed by atoms with Gasteiger partial charge in [-0.1, -0.05) is 0 Å². The highest BCUT2D eigenvalue weighted by Gasteiger charge is 2.08. The standard InChI is InChI=1S/C12H15NO3/c1-12(2,3)13-7-9-6-8(11(15)16)4-5-10(9)14/h4-7,14H,1-3H3,(H,15,16)/b13-7+. The van der Waals surface area contributed by atoms with Gasteiger partial charge in [0.15, 0.2) is 0 Å². The number of phenolic OH excluding ortho intramolecular Hbond substituents is 1. The van der Waals surface area contributed by atoms with Gasteiger partial charge in [-0.3, -0.25) is 4.99 Å². The third kappa shape index (κ3) is 3.38. The molecule has 0 aliphatic carbocycles. The number of aromatic carboxylic acids is 1. The van der Waals surface area contributed by atoms with Crippen molar-refractivity contribution < 1.29 is 15.0 Å². The molecular formula is C12H15NO3. The van der Waals surface area contributed by atoms with Crippen LogP contribution in [0, 0.1) is 0 Å². The first kappa shape index (κ1) is 12.2. The second kappa shape index (κ2) is 4.35. The maximum absolute atomic E-state index is 10.7. The fourth-order valence-electron chi connectivity index (χ4n) is 1.05. The van der Waals surface area contributed by atoms with Crippen LogP contribution in [0.4, 0.5) is 0 Å². The van der Waals surface area contributed by atoms with E-state index < -0.39 is 5.97 Å². The van der Waals surface area contributed by atoms with E-state index in [1.807, 2.05) is 20.8 Å². The van der Waals surface area contributed by atoms with Crippen LogP contribution in [-0.4, -0.2) is 27.9 Å². The number of carbonyl (C=O) groups is 1. The molecule has 4 heteroatoms. The van der Waals surface area contributed by atoms with Crippen molar-refractivity contribution in [2.75, 3.05) is 0 Å². The average molecular weight is 221 g/mol. The second-order valence-corrected chi connectivity index (χ2v) is 4.51. The van der Waals surface area contributed by atoms with Crippen molar-refractivity contribution in [3.05, 3.63) is 29.3 Å². The number of carboxylic acids is 1. The summed E-state index contributed by atoms with van der Waals surface area (Å²) in [4.78, 5) is 14.9. The molecule has 0 aromatic heterocycles. The lowest BCUT2D eigenvalue weighted by Gasteiger charge is -2.11. The summed E-state index contributed by atoms with van der Waals surface area (Å²) in [6, 6.07) is 4.10. The predicted molar refractivity (Wildman–Crippen MR) is 62.4 cm³/mol. The Morgan fingerprint density at radius 1 is 1.38 bits per heavy atom. The normalized spacial score (nSPS) is 11.9. The zero-order valence-corrected chi connectivity index (χ0v) is 9.56. The average Bonchev–Trinajstić information content (AvgIpc) is 2.14. The van der Waals surface area contributed by atoms with Gasteiger partial charge in [0.25, 0.3) is 0 Å². The molecule has 1 aromatic rings. The summed E-state index contributed by atoms with van der Waals surface area (Å²) in [5, 5.41) is 18.3. The van der Waals surface area contributed by atoms with Crippen LogP contribution in [0.15, 0.2) is 23.2 Å². The van der Waals surface area contributed by atoms with Crippen LogP contribution >= 0.6 is 0 Å². The Bertz CT molecular complexity index is 430. The minimum Gasteiger partial charge on any atom is -0.507 e. The third-order valence-electron chi connectivity index (χ3n) is 1.87. The van der Waals surface area contributed by atoms with E-state index in [2.05, 4.69) is 4.99 Å². The van der Waals surface area contributed by atoms with E-state index in [-0.39, 0.29) is 16.9 Å². The second-order valence-electron chi connectivity index (χ2n) is 4.51. The van der Waals surface area contributed by atoms with E-state index in [1.165, 1.54) is 24.4 Å². The van der Waals surface area contributed by atoms with Crippen molar-refractivity contribution in [3.63, 3.8) is 0 Å². The molecule has 4 nitrogen and oxygen atoms in total. The first-order chi connectivity index (χ1) is 7.29. The van der Waals surface area contributed by atoms with E-state index in [0.29, 0.717) is 5.56 Å². The van der Waals surface area contributed by atoms with Gasteiger partial charge in [-0.2, -0.15) is 0 Å². The Balaban J connectivity index is 3.08. The van der Waals surface area contributed by atoms with E-state index in [9.17, 15) is 9.90 Å². The number of hydrogen-bond donors (Lipinski definition) is 2. The van der Waals surface area contributed by atoms with Crippen molar-refractivity contribution in [1.82, 2.24) is 0 Å². The monoisotopic (exact) mass is 221 g/mol. The van der Waals surface area contributed by atoms with Crippen LogP contribution < -0.4 is 0 Å². The molecule has 0 spiro atoms. The molecular weight excluding hydrogens is 206 g/mol. The summed E-state index contributed by atoms with van der Waals surface area (Å²) in [5.74, 6) is -0.997. The first-order valence-electron chi connectivity index (χ1n) is 4.91. The predicted octanol–water partition coefficient (Wildman–Crippen LogP) is 2.31. The molecule has 1 aromatic carbocycles. The van der Waals surface area contributed by atoms with Crippen LogP contribution in [0.2, 0.25) is 0 Å². The number of rotatable bonds is 2. The summed E-state index contributed by atoms with van der Waals surface area (Å²) in [5.41, 5.74) is 0.286. The van der Waals surface area contributed by atoms with Crippen LogP contribution in [0.25, 0.3) is 0 Å². The van der Waals surface area contributed by atoms with Gasteiger partial charge in [0.1, 0.15) is 5.75 Å². The summed E-state index contributed by atoms with van der Waals surface area (Å²) < 4.78 is 0. The summed E-state index contributed by atoms with van der Waals surface area (Å²) in [6.07, 6.45) is 1.49. The van der Waals surface area contributed by atoms with Crippen LogP contribution in [0.3, 0.4) is 0 Å². The van der Waals surface area contributed by atoms with Gasteiger partial charge >= 0.3 is 5.97 Å². The van der Waals surface area contributed by atoms with Crippen molar-refractivity contribution in [2.24, 2.45) is 4.99 Å². The minimum atomic E-state index is -1.02. The zero-order chi connectivity index (χ0) is 12.3. The summed E-state index contributed by atoms with van der Waals surface area (Å²) in [7, 11) is 0. The van der Waals surface area contributed by atoms with Gasteiger partial charge < -0.3 is 10.2 Å². The third-order valence-corrected chi connectivity index (χ3v) is 1.87. The Kier molecular flexibility index (Phi) is 3.32. The molecule has 0 unspecified atom stereocenters. The van der Waals surface area contributed by atoms with E-state index in [4.69, 9.17) is 5.11 Å². The summed E-state index contributed by atoms with van der Waals surface area (Å²) >= 11 is 0. The molecule has 2 N–H and O–H groups in total. The number of nitrogens with zero attached hydrogens (tertiary/aromatic N) is 1. The Morgan fingerprint density at radius 3 is 2.50 bits per heavy atom. The SMILES string of the molecule is CC(C)(C)/N=C/c1cc(C(=O)O)ccc1O. The van der Waals surface area contributed by atoms with Crippen LogP contribution in [-0.2, 0) is 0 Å². The molecule has 86 valence electrons. The lowest BCUT2D eigenvalue weighted by atomic mass is 10.1. The van der Waals surface area contributed by atoms with Gasteiger partial charge in [0.05, 0.1) is 11.1 Å². The molecule has 0 fully saturated rings.